The number of hydrogen-bond acceptors (Lipinski definition) is 5. The van der Waals surface area contributed by atoms with Crippen molar-refractivity contribution < 1.29 is 38.1 Å². The molecule has 0 spiro atoms. The molecule has 1 aromatic rings. The normalized spacial score (nSPS) is 11.6. The van der Waals surface area contributed by atoms with E-state index in [9.17, 15) is 38.1 Å². The summed E-state index contributed by atoms with van der Waals surface area (Å²) >= 11 is 0. The molecule has 0 saturated heterocycles. The minimum absolute atomic E-state index is 0.0638. The van der Waals surface area contributed by atoms with E-state index in [4.69, 9.17) is 0 Å². The van der Waals surface area contributed by atoms with Crippen LogP contribution in [0.15, 0.2) is 6.07 Å². The van der Waals surface area contributed by atoms with E-state index >= 15 is 0 Å². The molecule has 9 heteroatoms. The molecule has 140 valence electrons. The summed E-state index contributed by atoms with van der Waals surface area (Å²) in [6.07, 6.45) is -5.28. The van der Waals surface area contributed by atoms with Crippen LogP contribution in [0.4, 0.5) is 13.2 Å². The second kappa shape index (κ2) is 8.19. The molecule has 3 N–H and O–H groups in total. The highest BCUT2D eigenvalue weighted by Crippen LogP contribution is 2.41. The summed E-state index contributed by atoms with van der Waals surface area (Å²) < 4.78 is 39.6. The van der Waals surface area contributed by atoms with Crippen LogP contribution in [0.2, 0.25) is 0 Å². The Hall–Kier alpha value is -2.29. The fourth-order valence-corrected chi connectivity index (χ4v) is 2.21. The van der Waals surface area contributed by atoms with Crippen LogP contribution in [0.5, 0.6) is 11.5 Å². The van der Waals surface area contributed by atoms with Gasteiger partial charge in [-0.15, -0.1) is 6.61 Å². The summed E-state index contributed by atoms with van der Waals surface area (Å²) in [5.74, 6) is -4.07. The molecule has 0 aliphatic carbocycles. The van der Waals surface area contributed by atoms with E-state index in [1.54, 1.807) is 0 Å². The predicted molar refractivity (Wildman–Crippen MR) is 79.9 cm³/mol. The molecule has 6 nitrogen and oxygen atoms in total. The van der Waals surface area contributed by atoms with Gasteiger partial charge in [0.2, 0.25) is 5.91 Å². The number of carbonyl (C=O) groups excluding carboxylic acids is 2. The van der Waals surface area contributed by atoms with Gasteiger partial charge in [-0.05, 0) is 24.8 Å². The first-order valence-electron chi connectivity index (χ1n) is 7.56. The van der Waals surface area contributed by atoms with Crippen LogP contribution < -0.4 is 10.4 Å². The van der Waals surface area contributed by atoms with Crippen LogP contribution in [0.3, 0.4) is 0 Å². The molecule has 0 aliphatic heterocycles. The summed E-state index contributed by atoms with van der Waals surface area (Å²) in [6.45, 7) is 2.75. The number of imide groups is 1. The molecule has 0 bridgehead atoms. The first kappa shape index (κ1) is 20.8. The number of nitrogens with one attached hydrogen (secondary N) is 1. The molecule has 1 rings (SSSR count). The van der Waals surface area contributed by atoms with E-state index in [1.165, 1.54) is 0 Å². The lowest BCUT2D eigenvalue weighted by molar-refractivity contribution is -0.366. The van der Waals surface area contributed by atoms with E-state index in [0.717, 1.165) is 0 Å². The maximum Gasteiger partial charge on any atom is 0.417 e. The number of carbonyl (C=O) groups is 2. The van der Waals surface area contributed by atoms with Crippen LogP contribution in [-0.4, -0.2) is 28.6 Å². The van der Waals surface area contributed by atoms with E-state index < -0.39 is 59.2 Å². The summed E-state index contributed by atoms with van der Waals surface area (Å²) in [4.78, 5) is 23.9. The number of amides is 2. The Morgan fingerprint density at radius 2 is 1.88 bits per heavy atom. The molecule has 0 unspecified atom stereocenters. The highest BCUT2D eigenvalue weighted by molar-refractivity contribution is 6.07. The number of halogens is 3. The molecule has 0 aliphatic rings. The fourth-order valence-electron chi connectivity index (χ4n) is 2.21. The molecule has 0 atom stereocenters. The van der Waals surface area contributed by atoms with Gasteiger partial charge in [0.15, 0.2) is 11.5 Å². The summed E-state index contributed by atoms with van der Waals surface area (Å²) in [7, 11) is 0. The molecular weight excluding hydrogens is 343 g/mol. The smallest absolute Gasteiger partial charge is 0.417 e. The van der Waals surface area contributed by atoms with E-state index in [1.807, 2.05) is 19.2 Å². The van der Waals surface area contributed by atoms with Crippen molar-refractivity contribution in [2.75, 3.05) is 6.61 Å². The number of phenols is 2. The summed E-state index contributed by atoms with van der Waals surface area (Å²) in [5, 5.41) is 31.9. The zero-order valence-corrected chi connectivity index (χ0v) is 13.7. The standard InChI is InChI=1S/C16H19F3NO5/c1-8(2)3-4-12(23)20-15(25)13-9(5-6-21)14(24)11(22)7-10(13)16(17,18)19/h7-8,22,24H,3-6H2,1-2H3,(H,20,23,25)/q-1. The second-order valence-electron chi connectivity index (χ2n) is 5.91. The molecule has 0 fully saturated rings. The van der Waals surface area contributed by atoms with E-state index in [2.05, 4.69) is 0 Å². The SMILES string of the molecule is CC(C)CCC(=O)NC(=O)c1c(C(F)(F)F)cc(O)c(O)c1CC[O-]. The van der Waals surface area contributed by atoms with Crippen molar-refractivity contribution in [3.63, 3.8) is 0 Å². The van der Waals surface area contributed by atoms with Gasteiger partial charge in [0.1, 0.15) is 0 Å². The zero-order chi connectivity index (χ0) is 19.4. The van der Waals surface area contributed by atoms with Gasteiger partial charge in [-0.2, -0.15) is 13.2 Å². The number of alkyl halides is 3. The maximum atomic E-state index is 13.2. The van der Waals surface area contributed by atoms with E-state index in [-0.39, 0.29) is 18.4 Å². The monoisotopic (exact) mass is 362 g/mol. The largest absolute Gasteiger partial charge is 0.854 e. The molecule has 25 heavy (non-hydrogen) atoms. The molecule has 2 amide bonds. The third-order valence-corrected chi connectivity index (χ3v) is 3.47. The second-order valence-corrected chi connectivity index (χ2v) is 5.91. The molecular formula is C16H19F3NO5-. The van der Waals surface area contributed by atoms with Crippen LogP contribution in [-0.2, 0) is 17.4 Å². The Balaban J connectivity index is 3.32. The van der Waals surface area contributed by atoms with Crippen LogP contribution >= 0.6 is 0 Å². The molecule has 0 radical (unpaired) electrons. The Bertz CT molecular complexity index is 656. The number of hydrogen-bond donors (Lipinski definition) is 3. The van der Waals surface area contributed by atoms with E-state index in [0.29, 0.717) is 6.42 Å². The Morgan fingerprint density at radius 3 is 2.36 bits per heavy atom. The van der Waals surface area contributed by atoms with Gasteiger partial charge in [0.05, 0.1) is 11.1 Å². The zero-order valence-electron chi connectivity index (χ0n) is 13.7. The minimum atomic E-state index is -5.03. The average Bonchev–Trinajstić information content (AvgIpc) is 2.48. The van der Waals surface area contributed by atoms with Crippen LogP contribution in [0.25, 0.3) is 0 Å². The number of phenolic OH excluding ortho intramolecular Hbond substituents is 2. The van der Waals surface area contributed by atoms with Gasteiger partial charge in [0, 0.05) is 12.0 Å². The van der Waals surface area contributed by atoms with Crippen LogP contribution in [0, 0.1) is 5.92 Å². The highest BCUT2D eigenvalue weighted by atomic mass is 19.4. The predicted octanol–water partition coefficient (Wildman–Crippen LogP) is 1.71. The summed E-state index contributed by atoms with van der Waals surface area (Å²) in [6, 6.07) is 0.192. The van der Waals surface area contributed by atoms with Crippen molar-refractivity contribution in [3.05, 3.63) is 22.8 Å². The Labute approximate surface area is 142 Å². The lowest BCUT2D eigenvalue weighted by Crippen LogP contribution is -2.33. The maximum absolute atomic E-state index is 13.2. The lowest BCUT2D eigenvalue weighted by atomic mass is 9.95. The number of rotatable bonds is 6. The molecule has 0 heterocycles. The van der Waals surface area contributed by atoms with Crippen molar-refractivity contribution >= 4 is 11.8 Å². The summed E-state index contributed by atoms with van der Waals surface area (Å²) in [5.41, 5.74) is -3.20. The highest BCUT2D eigenvalue weighted by Gasteiger charge is 2.38. The third kappa shape index (κ3) is 5.35. The first-order valence-corrected chi connectivity index (χ1v) is 7.56. The van der Waals surface area contributed by atoms with Gasteiger partial charge in [0.25, 0.3) is 5.91 Å². The number of aromatic hydroxyl groups is 2. The quantitative estimate of drug-likeness (QED) is 0.668. The third-order valence-electron chi connectivity index (χ3n) is 3.47. The first-order chi connectivity index (χ1) is 11.5. The molecule has 1 aromatic carbocycles. The van der Waals surface area contributed by atoms with Crippen molar-refractivity contribution in [1.29, 1.82) is 0 Å². The lowest BCUT2D eigenvalue weighted by Gasteiger charge is -2.19. The fraction of sp³-hybridized carbons (Fsp3) is 0.500. The van der Waals surface area contributed by atoms with Gasteiger partial charge < -0.3 is 15.3 Å². The van der Waals surface area contributed by atoms with Gasteiger partial charge >= 0.3 is 6.18 Å². The van der Waals surface area contributed by atoms with Gasteiger partial charge in [-0.25, -0.2) is 0 Å². The molecule has 0 aromatic heterocycles. The van der Waals surface area contributed by atoms with Gasteiger partial charge in [-0.1, -0.05) is 13.8 Å². The number of benzene rings is 1. The van der Waals surface area contributed by atoms with Gasteiger partial charge in [-0.3, -0.25) is 14.9 Å². The topological polar surface area (TPSA) is 110 Å². The Kier molecular flexibility index (Phi) is 6.80. The molecule has 0 saturated carbocycles. The average molecular weight is 362 g/mol. The van der Waals surface area contributed by atoms with Crippen molar-refractivity contribution in [3.8, 4) is 11.5 Å². The minimum Gasteiger partial charge on any atom is -0.854 e. The van der Waals surface area contributed by atoms with Crippen molar-refractivity contribution in [1.82, 2.24) is 5.32 Å². The Morgan fingerprint density at radius 1 is 1.28 bits per heavy atom. The van der Waals surface area contributed by atoms with Crippen LogP contribution in [0.1, 0.15) is 48.2 Å². The van der Waals surface area contributed by atoms with Crippen molar-refractivity contribution in [2.45, 2.75) is 39.3 Å². The van der Waals surface area contributed by atoms with Crippen molar-refractivity contribution in [2.24, 2.45) is 5.92 Å².